The molecule has 0 aliphatic heterocycles. The largest absolute Gasteiger partial charge is 0.393 e. The van der Waals surface area contributed by atoms with Crippen LogP contribution in [0.4, 0.5) is 23.1 Å². The molecule has 6 nitrogen and oxygen atoms in total. The molecule has 0 bridgehead atoms. The number of hydrogen-bond donors (Lipinski definition) is 3. The maximum Gasteiger partial charge on any atom is 0.160 e. The molecule has 2 aromatic heterocycles. The number of nitrogens with one attached hydrogen (secondary N) is 2. The topological polar surface area (TPSA) is 88.8 Å². The lowest BCUT2D eigenvalue weighted by atomic mass is 10.1. The van der Waals surface area contributed by atoms with E-state index in [0.29, 0.717) is 23.4 Å². The van der Waals surface area contributed by atoms with E-state index < -0.39 is 0 Å². The van der Waals surface area contributed by atoms with Gasteiger partial charge in [0.2, 0.25) is 0 Å². The zero-order valence-electron chi connectivity index (χ0n) is 13.5. The molecular formula is C17H24N6. The highest BCUT2D eigenvalue weighted by Gasteiger charge is 2.15. The lowest BCUT2D eigenvalue weighted by Gasteiger charge is -2.19. The first kappa shape index (κ1) is 15.5. The monoisotopic (exact) mass is 312 g/mol. The number of nitrogen functional groups attached to an aromatic ring is 1. The summed E-state index contributed by atoms with van der Waals surface area (Å²) in [6.45, 7) is 2.02. The van der Waals surface area contributed by atoms with Gasteiger partial charge in [0.15, 0.2) is 11.6 Å². The average molecular weight is 312 g/mol. The minimum absolute atomic E-state index is 0.444. The van der Waals surface area contributed by atoms with Gasteiger partial charge in [0.1, 0.15) is 17.8 Å². The molecule has 6 heteroatoms. The fraction of sp³-hybridized carbons (Fsp3) is 0.471. The number of aryl methyl sites for hydroxylation is 1. The molecule has 1 aliphatic carbocycles. The third-order valence-electron chi connectivity index (χ3n) is 4.24. The van der Waals surface area contributed by atoms with E-state index in [-0.39, 0.29) is 0 Å². The molecule has 2 aromatic rings. The Morgan fingerprint density at radius 3 is 2.52 bits per heavy atom. The Balaban J connectivity index is 1.75. The lowest BCUT2D eigenvalue weighted by molar-refractivity contribution is 0.618. The van der Waals surface area contributed by atoms with Crippen LogP contribution in [0.2, 0.25) is 0 Å². The summed E-state index contributed by atoms with van der Waals surface area (Å²) in [5.74, 6) is 2.03. The normalized spacial score (nSPS) is 15.9. The van der Waals surface area contributed by atoms with Crippen LogP contribution in [0.5, 0.6) is 0 Å². The van der Waals surface area contributed by atoms with Crippen LogP contribution in [0.3, 0.4) is 0 Å². The molecule has 1 aliphatic rings. The van der Waals surface area contributed by atoms with Gasteiger partial charge in [-0.05, 0) is 37.5 Å². The van der Waals surface area contributed by atoms with E-state index in [0.717, 1.165) is 11.4 Å². The Labute approximate surface area is 137 Å². The summed E-state index contributed by atoms with van der Waals surface area (Å²) in [7, 11) is 0. The van der Waals surface area contributed by atoms with Crippen LogP contribution in [0.1, 0.15) is 44.1 Å². The fourth-order valence-electron chi connectivity index (χ4n) is 2.95. The van der Waals surface area contributed by atoms with Gasteiger partial charge >= 0.3 is 0 Å². The third kappa shape index (κ3) is 4.09. The summed E-state index contributed by atoms with van der Waals surface area (Å²) >= 11 is 0. The van der Waals surface area contributed by atoms with Crippen molar-refractivity contribution in [2.45, 2.75) is 51.5 Å². The van der Waals surface area contributed by atoms with Gasteiger partial charge in [0.25, 0.3) is 0 Å². The van der Waals surface area contributed by atoms with E-state index in [1.165, 1.54) is 44.9 Å². The average Bonchev–Trinajstić information content (AvgIpc) is 2.80. The number of rotatable bonds is 4. The number of hydrogen-bond acceptors (Lipinski definition) is 6. The number of nitrogens with zero attached hydrogens (tertiary/aromatic N) is 3. The fourth-order valence-corrected chi connectivity index (χ4v) is 2.95. The zero-order valence-corrected chi connectivity index (χ0v) is 13.5. The maximum atomic E-state index is 6.25. The predicted molar refractivity (Wildman–Crippen MR) is 93.8 cm³/mol. The first-order chi connectivity index (χ1) is 11.2. The van der Waals surface area contributed by atoms with E-state index >= 15 is 0 Å². The Kier molecular flexibility index (Phi) is 4.90. The molecule has 0 radical (unpaired) electrons. The van der Waals surface area contributed by atoms with Gasteiger partial charge in [-0.25, -0.2) is 15.0 Å². The molecule has 23 heavy (non-hydrogen) atoms. The van der Waals surface area contributed by atoms with Crippen LogP contribution >= 0.6 is 0 Å². The molecular weight excluding hydrogens is 288 g/mol. The summed E-state index contributed by atoms with van der Waals surface area (Å²) in [4.78, 5) is 12.8. The van der Waals surface area contributed by atoms with Crippen LogP contribution < -0.4 is 16.4 Å². The molecule has 0 unspecified atom stereocenters. The van der Waals surface area contributed by atoms with Crippen LogP contribution in [0.25, 0.3) is 0 Å². The first-order valence-corrected chi connectivity index (χ1v) is 8.29. The van der Waals surface area contributed by atoms with Crippen molar-refractivity contribution in [3.8, 4) is 0 Å². The molecule has 1 fully saturated rings. The summed E-state index contributed by atoms with van der Waals surface area (Å²) in [5.41, 5.74) is 7.92. The van der Waals surface area contributed by atoms with Gasteiger partial charge in [-0.15, -0.1) is 0 Å². The quantitative estimate of drug-likeness (QED) is 0.747. The highest BCUT2D eigenvalue weighted by molar-refractivity contribution is 5.77. The van der Waals surface area contributed by atoms with Gasteiger partial charge in [-0.1, -0.05) is 25.7 Å². The minimum Gasteiger partial charge on any atom is -0.393 e. The van der Waals surface area contributed by atoms with E-state index in [9.17, 15) is 0 Å². The molecule has 0 amide bonds. The van der Waals surface area contributed by atoms with E-state index in [2.05, 4.69) is 25.6 Å². The molecule has 0 saturated heterocycles. The molecule has 4 N–H and O–H groups in total. The maximum absolute atomic E-state index is 6.25. The Morgan fingerprint density at radius 2 is 1.78 bits per heavy atom. The third-order valence-corrected chi connectivity index (χ3v) is 4.24. The summed E-state index contributed by atoms with van der Waals surface area (Å²) < 4.78 is 0. The molecule has 0 spiro atoms. The number of aromatic nitrogens is 3. The molecule has 1 saturated carbocycles. The number of nitrogens with two attached hydrogens (primary N) is 1. The van der Waals surface area contributed by atoms with Gasteiger partial charge in [0, 0.05) is 12.2 Å². The molecule has 0 atom stereocenters. The minimum atomic E-state index is 0.444. The predicted octanol–water partition coefficient (Wildman–Crippen LogP) is 3.64. The van der Waals surface area contributed by atoms with Crippen molar-refractivity contribution in [1.29, 1.82) is 0 Å². The highest BCUT2D eigenvalue weighted by atomic mass is 15.1. The standard InChI is InChI=1S/C17H24N6/c1-12-8-9-19-14(10-12)23-17-15(18)16(20-11-21-17)22-13-6-4-2-3-5-7-13/h8-11,13H,2-7,18H2,1H3,(H2,19,20,21,22,23). The van der Waals surface area contributed by atoms with Gasteiger partial charge in [-0.2, -0.15) is 0 Å². The Bertz CT molecular complexity index is 649. The van der Waals surface area contributed by atoms with Crippen molar-refractivity contribution in [2.24, 2.45) is 0 Å². The van der Waals surface area contributed by atoms with E-state index in [1.807, 2.05) is 19.1 Å². The lowest BCUT2D eigenvalue weighted by Crippen LogP contribution is -2.20. The first-order valence-electron chi connectivity index (χ1n) is 8.29. The second kappa shape index (κ2) is 7.26. The molecule has 3 rings (SSSR count). The van der Waals surface area contributed by atoms with Crippen LogP contribution in [0, 0.1) is 6.92 Å². The van der Waals surface area contributed by atoms with Crippen molar-refractivity contribution in [3.05, 3.63) is 30.2 Å². The van der Waals surface area contributed by atoms with E-state index in [1.54, 1.807) is 6.20 Å². The van der Waals surface area contributed by atoms with Crippen LogP contribution in [0.15, 0.2) is 24.7 Å². The Morgan fingerprint density at radius 1 is 1.04 bits per heavy atom. The van der Waals surface area contributed by atoms with E-state index in [4.69, 9.17) is 5.73 Å². The van der Waals surface area contributed by atoms with Crippen molar-refractivity contribution in [3.63, 3.8) is 0 Å². The van der Waals surface area contributed by atoms with Gasteiger partial charge < -0.3 is 16.4 Å². The molecule has 122 valence electrons. The van der Waals surface area contributed by atoms with Crippen LogP contribution in [-0.4, -0.2) is 21.0 Å². The molecule has 2 heterocycles. The summed E-state index contributed by atoms with van der Waals surface area (Å²) in [5, 5.41) is 6.67. The van der Waals surface area contributed by atoms with Crippen molar-refractivity contribution in [2.75, 3.05) is 16.4 Å². The smallest absolute Gasteiger partial charge is 0.160 e. The summed E-state index contributed by atoms with van der Waals surface area (Å²) in [6, 6.07) is 4.35. The second-order valence-electron chi connectivity index (χ2n) is 6.16. The summed E-state index contributed by atoms with van der Waals surface area (Å²) in [6.07, 6.45) is 10.8. The Hall–Kier alpha value is -2.37. The number of anilines is 4. The molecule has 0 aromatic carbocycles. The van der Waals surface area contributed by atoms with Gasteiger partial charge in [0.05, 0.1) is 0 Å². The highest BCUT2D eigenvalue weighted by Crippen LogP contribution is 2.28. The van der Waals surface area contributed by atoms with Crippen molar-refractivity contribution in [1.82, 2.24) is 15.0 Å². The van der Waals surface area contributed by atoms with Crippen molar-refractivity contribution >= 4 is 23.1 Å². The van der Waals surface area contributed by atoms with Gasteiger partial charge in [-0.3, -0.25) is 0 Å². The van der Waals surface area contributed by atoms with Crippen molar-refractivity contribution < 1.29 is 0 Å². The SMILES string of the molecule is Cc1ccnc(Nc2ncnc(NC3CCCCCC3)c2N)c1. The van der Waals surface area contributed by atoms with Crippen LogP contribution in [-0.2, 0) is 0 Å². The zero-order chi connectivity index (χ0) is 16.1. The second-order valence-corrected chi connectivity index (χ2v) is 6.16. The number of pyridine rings is 1.